The van der Waals surface area contributed by atoms with Gasteiger partial charge in [0.15, 0.2) is 0 Å². The molecule has 0 bridgehead atoms. The molecule has 2 atom stereocenters. The molecule has 0 heterocycles. The van der Waals surface area contributed by atoms with E-state index >= 15 is 0 Å². The molecule has 20 heavy (non-hydrogen) atoms. The van der Waals surface area contributed by atoms with E-state index in [0.29, 0.717) is 17.9 Å². The molecule has 0 saturated heterocycles. The number of nitrogens with one attached hydrogen (secondary N) is 1. The topological polar surface area (TPSA) is 58.6 Å². The van der Waals surface area contributed by atoms with E-state index < -0.39 is 6.10 Å². The number of hydrogen-bond acceptors (Lipinski definition) is 3. The fraction of sp³-hybridized carbons (Fsp3) is 0.438. The number of hydrogen-bond donors (Lipinski definition) is 2. The van der Waals surface area contributed by atoms with Crippen molar-refractivity contribution in [1.82, 2.24) is 5.32 Å². The second-order valence-corrected chi connectivity index (χ2v) is 5.06. The predicted octanol–water partition coefficient (Wildman–Crippen LogP) is 2.28. The van der Waals surface area contributed by atoms with Crippen LogP contribution in [0.25, 0.3) is 0 Å². The van der Waals surface area contributed by atoms with Crippen LogP contribution in [-0.2, 0) is 0 Å². The summed E-state index contributed by atoms with van der Waals surface area (Å²) in [5.74, 6) is 0.561. The van der Waals surface area contributed by atoms with Crippen LogP contribution in [0, 0.1) is 0 Å². The third-order valence-electron chi connectivity index (χ3n) is 3.53. The van der Waals surface area contributed by atoms with Crippen molar-refractivity contribution in [2.24, 2.45) is 0 Å². The number of benzene rings is 1. The average Bonchev–Trinajstić information content (AvgIpc) is 2.48. The van der Waals surface area contributed by atoms with E-state index in [2.05, 4.69) is 11.9 Å². The Morgan fingerprint density at radius 1 is 1.35 bits per heavy atom. The third-order valence-corrected chi connectivity index (χ3v) is 3.53. The summed E-state index contributed by atoms with van der Waals surface area (Å²) in [7, 11) is 0. The number of ether oxygens (including phenoxy) is 1. The van der Waals surface area contributed by atoms with Crippen molar-refractivity contribution in [2.75, 3.05) is 6.61 Å². The first-order valence-electron chi connectivity index (χ1n) is 7.03. The minimum absolute atomic E-state index is 0.132. The first kappa shape index (κ1) is 14.6. The lowest BCUT2D eigenvalue weighted by molar-refractivity contribution is 0.0717. The summed E-state index contributed by atoms with van der Waals surface area (Å²) in [6.07, 6.45) is 4.93. The van der Waals surface area contributed by atoms with Crippen LogP contribution in [0.3, 0.4) is 0 Å². The Kier molecular flexibility index (Phi) is 5.18. The quantitative estimate of drug-likeness (QED) is 0.811. The molecule has 0 spiro atoms. The van der Waals surface area contributed by atoms with Crippen molar-refractivity contribution in [3.63, 3.8) is 0 Å². The van der Waals surface area contributed by atoms with Gasteiger partial charge < -0.3 is 15.2 Å². The molecule has 1 aromatic carbocycles. The normalized spacial score (nSPS) is 22.1. The monoisotopic (exact) mass is 275 g/mol. The number of carbonyl (C=O) groups is 1. The smallest absolute Gasteiger partial charge is 0.251 e. The van der Waals surface area contributed by atoms with Gasteiger partial charge in [-0.3, -0.25) is 4.79 Å². The Balaban J connectivity index is 1.93. The molecule has 1 amide bonds. The van der Waals surface area contributed by atoms with E-state index in [4.69, 9.17) is 4.74 Å². The molecule has 1 aromatic rings. The van der Waals surface area contributed by atoms with Gasteiger partial charge in [-0.05, 0) is 37.1 Å². The van der Waals surface area contributed by atoms with Gasteiger partial charge in [0.25, 0.3) is 5.91 Å². The molecule has 108 valence electrons. The van der Waals surface area contributed by atoms with Gasteiger partial charge in [-0.1, -0.05) is 25.5 Å². The first-order valence-corrected chi connectivity index (χ1v) is 7.03. The maximum absolute atomic E-state index is 12.1. The SMILES string of the molecule is C=CCOc1ccc(C(=O)N[C@@H]2CCCC[C@H]2O)cc1. The summed E-state index contributed by atoms with van der Waals surface area (Å²) in [5, 5.41) is 12.8. The Labute approximate surface area is 119 Å². The molecule has 0 unspecified atom stereocenters. The molecular weight excluding hydrogens is 254 g/mol. The van der Waals surface area contributed by atoms with Gasteiger partial charge in [0, 0.05) is 5.56 Å². The summed E-state index contributed by atoms with van der Waals surface area (Å²) >= 11 is 0. The highest BCUT2D eigenvalue weighted by atomic mass is 16.5. The van der Waals surface area contributed by atoms with Crippen molar-refractivity contribution in [3.05, 3.63) is 42.5 Å². The summed E-state index contributed by atoms with van der Waals surface area (Å²) in [5.41, 5.74) is 0.578. The zero-order valence-corrected chi connectivity index (χ0v) is 11.5. The maximum atomic E-state index is 12.1. The van der Waals surface area contributed by atoms with Gasteiger partial charge in [-0.15, -0.1) is 0 Å². The van der Waals surface area contributed by atoms with Crippen LogP contribution in [-0.4, -0.2) is 29.8 Å². The molecule has 4 heteroatoms. The molecule has 4 nitrogen and oxygen atoms in total. The van der Waals surface area contributed by atoms with Crippen molar-refractivity contribution in [3.8, 4) is 5.75 Å². The molecule has 0 aliphatic heterocycles. The zero-order valence-electron chi connectivity index (χ0n) is 11.5. The Morgan fingerprint density at radius 2 is 2.05 bits per heavy atom. The van der Waals surface area contributed by atoms with Crippen molar-refractivity contribution in [2.45, 2.75) is 37.8 Å². The predicted molar refractivity (Wildman–Crippen MR) is 77.9 cm³/mol. The van der Waals surface area contributed by atoms with Crippen molar-refractivity contribution in [1.29, 1.82) is 0 Å². The van der Waals surface area contributed by atoms with Crippen molar-refractivity contribution < 1.29 is 14.6 Å². The highest BCUT2D eigenvalue weighted by Gasteiger charge is 2.24. The van der Waals surface area contributed by atoms with Crippen LogP contribution in [0.4, 0.5) is 0 Å². The van der Waals surface area contributed by atoms with E-state index in [-0.39, 0.29) is 11.9 Å². The molecule has 2 rings (SSSR count). The lowest BCUT2D eigenvalue weighted by Gasteiger charge is -2.28. The summed E-state index contributed by atoms with van der Waals surface area (Å²) in [6.45, 7) is 4.03. The van der Waals surface area contributed by atoms with E-state index in [1.54, 1.807) is 30.3 Å². The maximum Gasteiger partial charge on any atom is 0.251 e. The van der Waals surface area contributed by atoms with Gasteiger partial charge >= 0.3 is 0 Å². The van der Waals surface area contributed by atoms with Crippen molar-refractivity contribution >= 4 is 5.91 Å². The van der Waals surface area contributed by atoms with Crippen LogP contribution in [0.2, 0.25) is 0 Å². The van der Waals surface area contributed by atoms with Gasteiger partial charge in [-0.25, -0.2) is 0 Å². The summed E-state index contributed by atoms with van der Waals surface area (Å²) in [6, 6.07) is 6.84. The summed E-state index contributed by atoms with van der Waals surface area (Å²) < 4.78 is 5.37. The van der Waals surface area contributed by atoms with E-state index in [0.717, 1.165) is 25.7 Å². The minimum atomic E-state index is -0.428. The highest BCUT2D eigenvalue weighted by Crippen LogP contribution is 2.19. The lowest BCUT2D eigenvalue weighted by Crippen LogP contribution is -2.45. The van der Waals surface area contributed by atoms with Gasteiger partial charge in [0.05, 0.1) is 12.1 Å². The molecule has 0 radical (unpaired) electrons. The van der Waals surface area contributed by atoms with Crippen LogP contribution >= 0.6 is 0 Å². The standard InChI is InChI=1S/C16H21NO3/c1-2-11-20-13-9-7-12(8-10-13)16(19)17-14-5-3-4-6-15(14)18/h2,7-10,14-15,18H,1,3-6,11H2,(H,17,19)/t14-,15-/m1/s1. The third kappa shape index (κ3) is 3.84. The van der Waals surface area contributed by atoms with E-state index in [9.17, 15) is 9.90 Å². The molecule has 1 fully saturated rings. The molecule has 1 saturated carbocycles. The highest BCUT2D eigenvalue weighted by molar-refractivity contribution is 5.94. The number of rotatable bonds is 5. The molecule has 1 aliphatic rings. The van der Waals surface area contributed by atoms with Gasteiger partial charge in [0.2, 0.25) is 0 Å². The fourth-order valence-corrected chi connectivity index (χ4v) is 2.39. The van der Waals surface area contributed by atoms with Gasteiger partial charge in [-0.2, -0.15) is 0 Å². The van der Waals surface area contributed by atoms with Crippen LogP contribution in [0.5, 0.6) is 5.75 Å². The summed E-state index contributed by atoms with van der Waals surface area (Å²) in [4.78, 5) is 12.1. The zero-order chi connectivity index (χ0) is 14.4. The fourth-order valence-electron chi connectivity index (χ4n) is 2.39. The minimum Gasteiger partial charge on any atom is -0.490 e. The molecular formula is C16H21NO3. The molecule has 1 aliphatic carbocycles. The Morgan fingerprint density at radius 3 is 2.70 bits per heavy atom. The van der Waals surface area contributed by atoms with Crippen LogP contribution < -0.4 is 10.1 Å². The Bertz CT molecular complexity index is 455. The van der Waals surface area contributed by atoms with E-state index in [1.807, 2.05) is 0 Å². The molecule has 2 N–H and O–H groups in total. The number of aliphatic hydroxyl groups excluding tert-OH is 1. The molecule has 0 aromatic heterocycles. The van der Waals surface area contributed by atoms with Crippen LogP contribution in [0.15, 0.2) is 36.9 Å². The lowest BCUT2D eigenvalue weighted by atomic mass is 9.92. The Hall–Kier alpha value is -1.81. The first-order chi connectivity index (χ1) is 9.70. The largest absolute Gasteiger partial charge is 0.490 e. The van der Waals surface area contributed by atoms with Crippen LogP contribution in [0.1, 0.15) is 36.0 Å². The second kappa shape index (κ2) is 7.10. The average molecular weight is 275 g/mol. The second-order valence-electron chi connectivity index (χ2n) is 5.06. The number of carbonyl (C=O) groups excluding carboxylic acids is 1. The number of amides is 1. The van der Waals surface area contributed by atoms with E-state index in [1.165, 1.54) is 0 Å². The number of aliphatic hydroxyl groups is 1. The van der Waals surface area contributed by atoms with Gasteiger partial charge in [0.1, 0.15) is 12.4 Å².